The highest BCUT2D eigenvalue weighted by Crippen LogP contribution is 2.18. The summed E-state index contributed by atoms with van der Waals surface area (Å²) in [7, 11) is 0. The molecule has 0 aliphatic heterocycles. The first-order chi connectivity index (χ1) is 9.06. The Hall–Kier alpha value is -1.39. The highest BCUT2D eigenvalue weighted by atomic mass is 79.9. The summed E-state index contributed by atoms with van der Waals surface area (Å²) in [5, 5.41) is 3.19. The molecule has 1 N–H and O–H groups in total. The molecule has 0 spiro atoms. The lowest BCUT2D eigenvalue weighted by molar-refractivity contribution is 0.0935. The molecule has 0 aliphatic carbocycles. The Morgan fingerprint density at radius 3 is 2.74 bits per heavy atom. The summed E-state index contributed by atoms with van der Waals surface area (Å²) in [5.41, 5.74) is 1.33. The monoisotopic (exact) mass is 338 g/mol. The molecule has 1 amide bonds. The molecule has 5 heteroatoms. The third kappa shape index (κ3) is 3.78. The van der Waals surface area contributed by atoms with Crippen LogP contribution in [-0.2, 0) is 0 Å². The van der Waals surface area contributed by atoms with E-state index < -0.39 is 0 Å². The van der Waals surface area contributed by atoms with E-state index in [1.807, 2.05) is 31.2 Å². The van der Waals surface area contributed by atoms with Crippen molar-refractivity contribution >= 4 is 33.4 Å². The van der Waals surface area contributed by atoms with Crippen LogP contribution in [0.4, 0.5) is 0 Å². The van der Waals surface area contributed by atoms with Gasteiger partial charge in [-0.1, -0.05) is 45.7 Å². The molecule has 0 saturated carbocycles. The molecule has 0 fully saturated rings. The van der Waals surface area contributed by atoms with Gasteiger partial charge in [-0.05, 0) is 36.8 Å². The van der Waals surface area contributed by atoms with Gasteiger partial charge in [-0.2, -0.15) is 0 Å². The Balaban J connectivity index is 2.11. The van der Waals surface area contributed by atoms with Crippen LogP contribution >= 0.6 is 27.5 Å². The maximum Gasteiger partial charge on any atom is 0.270 e. The van der Waals surface area contributed by atoms with Crippen LogP contribution in [-0.4, -0.2) is 10.9 Å². The number of hydrogen-bond donors (Lipinski definition) is 1. The number of rotatable bonds is 3. The number of pyridine rings is 1. The summed E-state index contributed by atoms with van der Waals surface area (Å²) in [6.07, 6.45) is 0. The number of nitrogens with one attached hydrogen (secondary N) is 1. The van der Waals surface area contributed by atoms with Gasteiger partial charge < -0.3 is 5.32 Å². The smallest absolute Gasteiger partial charge is 0.270 e. The van der Waals surface area contributed by atoms with Crippen LogP contribution in [0.2, 0.25) is 5.15 Å². The van der Waals surface area contributed by atoms with Crippen molar-refractivity contribution in [3.8, 4) is 0 Å². The lowest BCUT2D eigenvalue weighted by Crippen LogP contribution is -2.27. The Morgan fingerprint density at radius 1 is 1.32 bits per heavy atom. The highest BCUT2D eigenvalue weighted by molar-refractivity contribution is 9.10. The lowest BCUT2D eigenvalue weighted by atomic mass is 10.1. The normalized spacial score (nSPS) is 11.9. The molecule has 19 heavy (non-hydrogen) atoms. The summed E-state index contributed by atoms with van der Waals surface area (Å²) in [6, 6.07) is 12.7. The first-order valence-electron chi connectivity index (χ1n) is 5.75. The van der Waals surface area contributed by atoms with Crippen molar-refractivity contribution in [2.75, 3.05) is 0 Å². The second-order valence-corrected chi connectivity index (χ2v) is 5.40. The van der Waals surface area contributed by atoms with Crippen molar-refractivity contribution in [2.24, 2.45) is 0 Å². The van der Waals surface area contributed by atoms with Crippen molar-refractivity contribution in [1.29, 1.82) is 0 Å². The molecule has 1 heterocycles. The predicted octanol–water partition coefficient (Wildman–Crippen LogP) is 3.99. The fourth-order valence-corrected chi connectivity index (χ4v) is 2.25. The highest BCUT2D eigenvalue weighted by Gasteiger charge is 2.12. The van der Waals surface area contributed by atoms with Gasteiger partial charge in [-0.3, -0.25) is 4.79 Å². The first-order valence-corrected chi connectivity index (χ1v) is 6.92. The van der Waals surface area contributed by atoms with E-state index in [1.54, 1.807) is 18.2 Å². The van der Waals surface area contributed by atoms with Gasteiger partial charge in [0.15, 0.2) is 0 Å². The van der Waals surface area contributed by atoms with E-state index in [9.17, 15) is 4.79 Å². The Kier molecular flexibility index (Phi) is 4.56. The molecular weight excluding hydrogens is 328 g/mol. The third-order valence-corrected chi connectivity index (χ3v) is 3.35. The van der Waals surface area contributed by atoms with Crippen molar-refractivity contribution < 1.29 is 4.79 Å². The van der Waals surface area contributed by atoms with Gasteiger partial charge >= 0.3 is 0 Å². The number of benzene rings is 1. The molecule has 0 aliphatic rings. The van der Waals surface area contributed by atoms with E-state index in [-0.39, 0.29) is 11.9 Å². The van der Waals surface area contributed by atoms with Gasteiger partial charge in [0, 0.05) is 4.47 Å². The minimum absolute atomic E-state index is 0.106. The van der Waals surface area contributed by atoms with Crippen LogP contribution in [0.1, 0.15) is 29.0 Å². The number of carbonyl (C=O) groups excluding carboxylic acids is 1. The van der Waals surface area contributed by atoms with Crippen molar-refractivity contribution in [1.82, 2.24) is 10.3 Å². The second-order valence-electron chi connectivity index (χ2n) is 4.10. The second kappa shape index (κ2) is 6.17. The SMILES string of the molecule is CC(NC(=O)c1cccc(Cl)n1)c1cccc(Br)c1. The van der Waals surface area contributed by atoms with E-state index in [0.29, 0.717) is 10.8 Å². The Labute approximate surface area is 125 Å². The molecule has 1 aromatic heterocycles. The van der Waals surface area contributed by atoms with Gasteiger partial charge in [0.2, 0.25) is 0 Å². The van der Waals surface area contributed by atoms with E-state index in [2.05, 4.69) is 26.2 Å². The summed E-state index contributed by atoms with van der Waals surface area (Å²) < 4.78 is 0.979. The van der Waals surface area contributed by atoms with Crippen LogP contribution in [0, 0.1) is 0 Å². The van der Waals surface area contributed by atoms with Gasteiger partial charge in [-0.25, -0.2) is 4.98 Å². The number of amides is 1. The number of hydrogen-bond acceptors (Lipinski definition) is 2. The molecule has 1 aromatic carbocycles. The number of carbonyl (C=O) groups is 1. The van der Waals surface area contributed by atoms with Crippen LogP contribution in [0.25, 0.3) is 0 Å². The Bertz CT molecular complexity index is 604. The predicted molar refractivity (Wildman–Crippen MR) is 79.3 cm³/mol. The zero-order valence-corrected chi connectivity index (χ0v) is 12.6. The zero-order chi connectivity index (χ0) is 13.8. The fourth-order valence-electron chi connectivity index (χ4n) is 1.66. The molecule has 3 nitrogen and oxygen atoms in total. The van der Waals surface area contributed by atoms with Crippen LogP contribution in [0.5, 0.6) is 0 Å². The van der Waals surface area contributed by atoms with Crippen molar-refractivity contribution in [3.63, 3.8) is 0 Å². The van der Waals surface area contributed by atoms with Gasteiger partial charge in [0.1, 0.15) is 10.8 Å². The summed E-state index contributed by atoms with van der Waals surface area (Å²) in [5.74, 6) is -0.241. The number of nitrogens with zero attached hydrogens (tertiary/aromatic N) is 1. The Morgan fingerprint density at radius 2 is 2.05 bits per heavy atom. The average molecular weight is 340 g/mol. The van der Waals surface area contributed by atoms with Crippen molar-refractivity contribution in [3.05, 3.63) is 63.3 Å². The fraction of sp³-hybridized carbons (Fsp3) is 0.143. The number of halogens is 2. The number of aromatic nitrogens is 1. The molecular formula is C14H12BrClN2O. The van der Waals surface area contributed by atoms with E-state index in [4.69, 9.17) is 11.6 Å². The molecule has 2 rings (SSSR count). The summed E-state index contributed by atoms with van der Waals surface area (Å²) in [6.45, 7) is 1.92. The zero-order valence-electron chi connectivity index (χ0n) is 10.2. The first kappa shape index (κ1) is 14.0. The van der Waals surface area contributed by atoms with Crippen LogP contribution < -0.4 is 5.32 Å². The van der Waals surface area contributed by atoms with E-state index in [1.165, 1.54) is 0 Å². The molecule has 0 bridgehead atoms. The lowest BCUT2D eigenvalue weighted by Gasteiger charge is -2.14. The summed E-state index contributed by atoms with van der Waals surface area (Å²) in [4.78, 5) is 16.0. The van der Waals surface area contributed by atoms with Gasteiger partial charge in [-0.15, -0.1) is 0 Å². The molecule has 1 atom stereocenters. The summed E-state index contributed by atoms with van der Waals surface area (Å²) >= 11 is 9.17. The van der Waals surface area contributed by atoms with Crippen molar-refractivity contribution in [2.45, 2.75) is 13.0 Å². The molecule has 2 aromatic rings. The quantitative estimate of drug-likeness (QED) is 0.859. The van der Waals surface area contributed by atoms with Gasteiger partial charge in [0.25, 0.3) is 5.91 Å². The molecule has 0 saturated heterocycles. The molecule has 0 radical (unpaired) electrons. The minimum atomic E-state index is -0.241. The molecule has 98 valence electrons. The van der Waals surface area contributed by atoms with Crippen LogP contribution in [0.3, 0.4) is 0 Å². The molecule has 1 unspecified atom stereocenters. The maximum absolute atomic E-state index is 12.0. The van der Waals surface area contributed by atoms with Gasteiger partial charge in [0.05, 0.1) is 6.04 Å². The minimum Gasteiger partial charge on any atom is -0.344 e. The van der Waals surface area contributed by atoms with E-state index >= 15 is 0 Å². The van der Waals surface area contributed by atoms with E-state index in [0.717, 1.165) is 10.0 Å². The average Bonchev–Trinajstić information content (AvgIpc) is 2.38. The maximum atomic E-state index is 12.0. The van der Waals surface area contributed by atoms with Crippen LogP contribution in [0.15, 0.2) is 46.9 Å². The largest absolute Gasteiger partial charge is 0.344 e. The standard InChI is InChI=1S/C14H12BrClN2O/c1-9(10-4-2-5-11(15)8-10)17-14(19)12-6-3-7-13(16)18-12/h2-9H,1H3,(H,17,19). The topological polar surface area (TPSA) is 42.0 Å². The third-order valence-electron chi connectivity index (χ3n) is 2.64.